The number of benzene rings is 1. The maximum atomic E-state index is 14.2. The van der Waals surface area contributed by atoms with Gasteiger partial charge in [0.05, 0.1) is 11.5 Å². The molecular formula is C27H29F2N7O4S. The van der Waals surface area contributed by atoms with Crippen molar-refractivity contribution in [2.75, 3.05) is 13.1 Å². The predicted octanol–water partition coefficient (Wildman–Crippen LogP) is 3.43. The van der Waals surface area contributed by atoms with Gasteiger partial charge in [-0.25, -0.2) is 23.5 Å². The molecule has 11 nitrogen and oxygen atoms in total. The molecule has 0 unspecified atom stereocenters. The highest BCUT2D eigenvalue weighted by atomic mass is 32.1. The van der Waals surface area contributed by atoms with Crippen LogP contribution in [-0.4, -0.2) is 67.7 Å². The number of ether oxygens (including phenoxy) is 1. The van der Waals surface area contributed by atoms with E-state index in [-0.39, 0.29) is 41.0 Å². The summed E-state index contributed by atoms with van der Waals surface area (Å²) >= 11 is 0.843. The molecule has 1 aromatic carbocycles. The first-order chi connectivity index (χ1) is 19.4. The van der Waals surface area contributed by atoms with E-state index in [1.807, 2.05) is 0 Å². The Hall–Kier alpha value is -4.07. The van der Waals surface area contributed by atoms with Crippen molar-refractivity contribution in [2.24, 2.45) is 5.92 Å². The second kappa shape index (κ2) is 11.1. The van der Waals surface area contributed by atoms with Gasteiger partial charge in [0.1, 0.15) is 17.2 Å². The Morgan fingerprint density at radius 1 is 1.12 bits per heavy atom. The van der Waals surface area contributed by atoms with Crippen LogP contribution >= 0.6 is 11.3 Å². The van der Waals surface area contributed by atoms with E-state index in [2.05, 4.69) is 30.8 Å². The summed E-state index contributed by atoms with van der Waals surface area (Å²) in [5.41, 5.74) is -1.40. The Morgan fingerprint density at radius 3 is 2.51 bits per heavy atom. The fraction of sp³-hybridized carbons (Fsp3) is 0.444. The summed E-state index contributed by atoms with van der Waals surface area (Å²) < 4.78 is 33.1. The number of carbonyl (C=O) groups excluding carboxylic acids is 3. The number of aromatic nitrogens is 4. The smallest absolute Gasteiger partial charge is 0.410 e. The minimum absolute atomic E-state index is 0.0135. The van der Waals surface area contributed by atoms with Crippen LogP contribution in [0.4, 0.5) is 13.6 Å². The summed E-state index contributed by atoms with van der Waals surface area (Å²) in [5.74, 6) is -2.83. The number of hydrogen-bond acceptors (Lipinski definition) is 9. The van der Waals surface area contributed by atoms with E-state index in [4.69, 9.17) is 4.74 Å². The normalized spacial score (nSPS) is 19.8. The maximum Gasteiger partial charge on any atom is 0.410 e. The van der Waals surface area contributed by atoms with Crippen LogP contribution in [0.3, 0.4) is 0 Å². The molecule has 216 valence electrons. The largest absolute Gasteiger partial charge is 0.444 e. The zero-order valence-corrected chi connectivity index (χ0v) is 23.5. The number of nitrogens with zero attached hydrogens (tertiary/aromatic N) is 5. The van der Waals surface area contributed by atoms with Crippen LogP contribution in [0, 0.1) is 17.6 Å². The number of carbonyl (C=O) groups is 3. The molecule has 2 aliphatic rings. The number of halogens is 2. The molecule has 1 saturated carbocycles. The Labute approximate surface area is 238 Å². The molecule has 1 saturated heterocycles. The van der Waals surface area contributed by atoms with Crippen LogP contribution in [0.1, 0.15) is 55.7 Å². The van der Waals surface area contributed by atoms with Gasteiger partial charge < -0.3 is 20.3 Å². The predicted molar refractivity (Wildman–Crippen MR) is 144 cm³/mol. The first-order valence-corrected chi connectivity index (χ1v) is 13.9. The molecule has 1 aliphatic carbocycles. The van der Waals surface area contributed by atoms with Crippen LogP contribution in [0.5, 0.6) is 0 Å². The number of piperidine rings is 1. The standard InChI is InChI=1S/C27H29F2N7O4S/c1-26(2,3)40-25(39)36-12-7-19(17(14-36)20(37)33-27(8-9-27)24-30-10-4-11-31-24)32-21(38)23-35-34-22(41-23)16-6-5-15(28)13-18(16)29/h4-6,10-11,13,17,19H,7-9,12,14H2,1-3H3,(H,32,38)(H,33,37)/t17-,19-/m0/s1. The lowest BCUT2D eigenvalue weighted by atomic mass is 9.90. The molecule has 41 heavy (non-hydrogen) atoms. The van der Waals surface area contributed by atoms with E-state index >= 15 is 0 Å². The van der Waals surface area contributed by atoms with Gasteiger partial charge in [0.2, 0.25) is 10.9 Å². The number of amides is 3. The molecule has 0 bridgehead atoms. The first kappa shape index (κ1) is 28.5. The highest BCUT2D eigenvalue weighted by Gasteiger charge is 2.50. The number of rotatable bonds is 6. The van der Waals surface area contributed by atoms with Gasteiger partial charge in [0, 0.05) is 43.2 Å². The molecule has 0 spiro atoms. The zero-order chi connectivity index (χ0) is 29.4. The molecule has 14 heteroatoms. The topological polar surface area (TPSA) is 139 Å². The minimum Gasteiger partial charge on any atom is -0.444 e. The monoisotopic (exact) mass is 585 g/mol. The number of nitrogens with one attached hydrogen (secondary N) is 2. The summed E-state index contributed by atoms with van der Waals surface area (Å²) in [6.07, 6.45) is 4.26. The summed E-state index contributed by atoms with van der Waals surface area (Å²) in [5, 5.41) is 13.7. The summed E-state index contributed by atoms with van der Waals surface area (Å²) in [6, 6.07) is 4.09. The molecule has 2 N–H and O–H groups in total. The van der Waals surface area contributed by atoms with Gasteiger partial charge >= 0.3 is 6.09 Å². The fourth-order valence-electron chi connectivity index (χ4n) is 4.60. The fourth-order valence-corrected chi connectivity index (χ4v) is 5.38. The maximum absolute atomic E-state index is 14.2. The molecule has 0 radical (unpaired) electrons. The number of hydrogen-bond donors (Lipinski definition) is 2. The second-order valence-corrected chi connectivity index (χ2v) is 12.1. The average molecular weight is 586 g/mol. The van der Waals surface area contributed by atoms with Gasteiger partial charge in [0.15, 0.2) is 10.8 Å². The lowest BCUT2D eigenvalue weighted by Gasteiger charge is -2.38. The van der Waals surface area contributed by atoms with Crippen LogP contribution < -0.4 is 10.6 Å². The Balaban J connectivity index is 1.34. The van der Waals surface area contributed by atoms with E-state index in [0.717, 1.165) is 23.5 Å². The van der Waals surface area contributed by atoms with Crippen molar-refractivity contribution >= 4 is 29.2 Å². The molecule has 3 aromatic rings. The van der Waals surface area contributed by atoms with Crippen LogP contribution in [0.25, 0.3) is 10.6 Å². The van der Waals surface area contributed by atoms with Crippen molar-refractivity contribution in [3.8, 4) is 10.6 Å². The minimum atomic E-state index is -0.823. The molecule has 2 atom stereocenters. The van der Waals surface area contributed by atoms with Crippen molar-refractivity contribution < 1.29 is 27.9 Å². The molecule has 1 aliphatic heterocycles. The van der Waals surface area contributed by atoms with Crippen LogP contribution in [-0.2, 0) is 15.1 Å². The summed E-state index contributed by atoms with van der Waals surface area (Å²) in [4.78, 5) is 49.7. The van der Waals surface area contributed by atoms with E-state index in [1.54, 1.807) is 39.2 Å². The van der Waals surface area contributed by atoms with Gasteiger partial charge in [0.25, 0.3) is 5.91 Å². The van der Waals surface area contributed by atoms with Gasteiger partial charge in [-0.1, -0.05) is 11.3 Å². The third kappa shape index (κ3) is 6.47. The number of likely N-dealkylation sites (tertiary alicyclic amines) is 1. The average Bonchev–Trinajstić information content (AvgIpc) is 3.53. The van der Waals surface area contributed by atoms with Gasteiger partial charge in [-0.15, -0.1) is 10.2 Å². The van der Waals surface area contributed by atoms with Crippen LogP contribution in [0.2, 0.25) is 0 Å². The van der Waals surface area contributed by atoms with Crippen molar-refractivity contribution in [1.82, 2.24) is 35.7 Å². The third-order valence-electron chi connectivity index (χ3n) is 6.80. The molecule has 3 heterocycles. The Bertz CT molecular complexity index is 1460. The molecular weight excluding hydrogens is 556 g/mol. The quantitative estimate of drug-likeness (QED) is 0.449. The van der Waals surface area contributed by atoms with Crippen molar-refractivity contribution in [3.63, 3.8) is 0 Å². The van der Waals surface area contributed by atoms with Gasteiger partial charge in [-0.2, -0.15) is 0 Å². The van der Waals surface area contributed by atoms with E-state index < -0.39 is 46.7 Å². The SMILES string of the molecule is CC(C)(C)OC(=O)N1CC[C@H](NC(=O)c2nnc(-c3ccc(F)cc3F)s2)[C@@H](C(=O)NC2(c3ncccn3)CC2)C1. The third-order valence-corrected chi connectivity index (χ3v) is 7.76. The molecule has 2 fully saturated rings. The molecule has 3 amide bonds. The van der Waals surface area contributed by atoms with Crippen molar-refractivity contribution in [1.29, 1.82) is 0 Å². The first-order valence-electron chi connectivity index (χ1n) is 13.1. The van der Waals surface area contributed by atoms with E-state index in [1.165, 1.54) is 11.0 Å². The summed E-state index contributed by atoms with van der Waals surface area (Å²) in [7, 11) is 0. The lowest BCUT2D eigenvalue weighted by molar-refractivity contribution is -0.128. The lowest BCUT2D eigenvalue weighted by Crippen LogP contribution is -2.58. The van der Waals surface area contributed by atoms with Crippen molar-refractivity contribution in [3.05, 3.63) is 59.1 Å². The van der Waals surface area contributed by atoms with Crippen LogP contribution in [0.15, 0.2) is 36.7 Å². The van der Waals surface area contributed by atoms with E-state index in [0.29, 0.717) is 18.7 Å². The van der Waals surface area contributed by atoms with Gasteiger partial charge in [-0.3, -0.25) is 9.59 Å². The molecule has 5 rings (SSSR count). The Morgan fingerprint density at radius 2 is 1.85 bits per heavy atom. The molecule has 2 aromatic heterocycles. The second-order valence-electron chi connectivity index (χ2n) is 11.1. The Kier molecular flexibility index (Phi) is 7.68. The highest BCUT2D eigenvalue weighted by molar-refractivity contribution is 7.16. The van der Waals surface area contributed by atoms with E-state index in [9.17, 15) is 23.2 Å². The highest BCUT2D eigenvalue weighted by Crippen LogP contribution is 2.44. The van der Waals surface area contributed by atoms with Crippen molar-refractivity contribution in [2.45, 2.75) is 57.2 Å². The zero-order valence-electron chi connectivity index (χ0n) is 22.7. The summed E-state index contributed by atoms with van der Waals surface area (Å²) in [6.45, 7) is 5.53. The van der Waals surface area contributed by atoms with Gasteiger partial charge in [-0.05, 0) is 58.2 Å².